The third-order valence-electron chi connectivity index (χ3n) is 9.98. The van der Waals surface area contributed by atoms with Crippen LogP contribution in [0.15, 0.2) is 0 Å². The highest BCUT2D eigenvalue weighted by Crippen LogP contribution is 2.45. The lowest BCUT2D eigenvalue weighted by Gasteiger charge is -2.48. The normalized spacial score (nSPS) is 13.6. The molecule has 41 heavy (non-hydrogen) atoms. The lowest BCUT2D eigenvalue weighted by atomic mass is 9.98. The average Bonchev–Trinajstić information content (AvgIpc) is 2.86. The van der Waals surface area contributed by atoms with Gasteiger partial charge in [0.15, 0.2) is 16.6 Å². The highest BCUT2D eigenvalue weighted by Gasteiger charge is 2.49. The molecule has 0 saturated carbocycles. The molecule has 0 aliphatic carbocycles. The summed E-state index contributed by atoms with van der Waals surface area (Å²) < 4.78 is 14.3. The number of carbonyl (C=O) groups is 1. The molecular weight excluding hydrogens is 606 g/mol. The number of nitrogens with one attached hydrogen (secondary N) is 1. The van der Waals surface area contributed by atoms with E-state index in [0.717, 1.165) is 24.6 Å². The summed E-state index contributed by atoms with van der Waals surface area (Å²) in [5.74, 6) is 0.160. The molecule has 0 aliphatic heterocycles. The van der Waals surface area contributed by atoms with E-state index >= 15 is 0 Å². The lowest BCUT2D eigenvalue weighted by molar-refractivity contribution is -0.124. The average molecular weight is 679 g/mol. The molecule has 0 heterocycles. The van der Waals surface area contributed by atoms with Crippen molar-refractivity contribution in [2.24, 2.45) is 0 Å². The third kappa shape index (κ3) is 12.3. The van der Waals surface area contributed by atoms with Crippen LogP contribution in [0.2, 0.25) is 33.2 Å². The number of rotatable bonds is 24. The maximum absolute atomic E-state index is 13.5. The molecule has 0 aromatic rings. The lowest BCUT2D eigenvalue weighted by Crippen LogP contribution is -2.61. The molecule has 0 atom stereocenters. The third-order valence-corrected chi connectivity index (χ3v) is 22.7. The van der Waals surface area contributed by atoms with Crippen molar-refractivity contribution in [2.45, 2.75) is 193 Å². The Kier molecular flexibility index (Phi) is 20.5. The van der Waals surface area contributed by atoms with Gasteiger partial charge in [0.05, 0.1) is 18.8 Å². The predicted octanol–water partition coefficient (Wildman–Crippen LogP) is 11.5. The van der Waals surface area contributed by atoms with Gasteiger partial charge in [-0.1, -0.05) is 144 Å². The van der Waals surface area contributed by atoms with Crippen LogP contribution in [0, 0.1) is 0 Å². The molecule has 1 N–H and O–H groups in total. The minimum Gasteiger partial charge on any atom is -0.414 e. The Hall–Kier alpha value is 0.304. The van der Waals surface area contributed by atoms with Gasteiger partial charge in [0.1, 0.15) is 0 Å². The summed E-state index contributed by atoms with van der Waals surface area (Å²) in [4.78, 5) is 13.5. The zero-order valence-corrected chi connectivity index (χ0v) is 33.3. The Balaban J connectivity index is 5.80. The van der Waals surface area contributed by atoms with Crippen molar-refractivity contribution in [1.82, 2.24) is 5.32 Å². The molecule has 0 spiro atoms. The maximum atomic E-state index is 13.5. The van der Waals surface area contributed by atoms with E-state index in [-0.39, 0.29) is 5.91 Å². The first kappa shape index (κ1) is 41.3. The van der Waals surface area contributed by atoms with Gasteiger partial charge in [-0.25, -0.2) is 0 Å². The van der Waals surface area contributed by atoms with Gasteiger partial charge in [0.2, 0.25) is 5.91 Å². The molecule has 0 radical (unpaired) electrons. The maximum Gasteiger partial charge on any atom is 0.220 e. The molecule has 1 amide bonds. The number of alkyl halides is 1. The van der Waals surface area contributed by atoms with Crippen LogP contribution in [-0.2, 0) is 13.6 Å². The zero-order chi connectivity index (χ0) is 31.9. The predicted molar refractivity (Wildman–Crippen MR) is 191 cm³/mol. The van der Waals surface area contributed by atoms with Gasteiger partial charge in [-0.3, -0.25) is 4.79 Å². The minimum atomic E-state index is -2.10. The molecule has 4 nitrogen and oxygen atoms in total. The highest BCUT2D eigenvalue weighted by atomic mass is 79.9. The van der Waals surface area contributed by atoms with Crippen LogP contribution in [0.25, 0.3) is 0 Å². The van der Waals surface area contributed by atoms with E-state index < -0.39 is 22.2 Å². The SMILES string of the molecule is CCC(CO[Si](C(C)C)(C(C)C)C(C)C)(CO[Si](C(C)C)(C(C)C)C(C)C)NC(=O)CCCCCCCCCCBr. The Morgan fingerprint density at radius 2 is 0.927 bits per heavy atom. The minimum absolute atomic E-state index is 0.160. The van der Waals surface area contributed by atoms with Gasteiger partial charge in [-0.15, -0.1) is 0 Å². The first-order valence-corrected chi connectivity index (χ1v) is 22.6. The monoisotopic (exact) mass is 677 g/mol. The van der Waals surface area contributed by atoms with Crippen molar-refractivity contribution in [3.63, 3.8) is 0 Å². The standard InChI is InChI=1S/C34H72BrNO3Si2/c1-14-34(25-38-40(27(2)3,28(4)5)29(6)7,26-39-41(30(8)9,31(10)11)32(12)13)36-33(37)23-21-19-17-15-16-18-20-22-24-35/h27-32H,14-26H2,1-13H3,(H,36,37). The molecule has 0 unspecified atom stereocenters. The van der Waals surface area contributed by atoms with Crippen LogP contribution in [0.1, 0.15) is 154 Å². The van der Waals surface area contributed by atoms with Gasteiger partial charge >= 0.3 is 0 Å². The fraction of sp³-hybridized carbons (Fsp3) is 0.971. The van der Waals surface area contributed by atoms with Crippen molar-refractivity contribution >= 4 is 38.5 Å². The van der Waals surface area contributed by atoms with Crippen molar-refractivity contribution in [3.8, 4) is 0 Å². The fourth-order valence-electron chi connectivity index (χ4n) is 7.73. The molecule has 0 aliphatic rings. The van der Waals surface area contributed by atoms with E-state index in [0.29, 0.717) is 52.9 Å². The van der Waals surface area contributed by atoms with Crippen LogP contribution in [0.4, 0.5) is 0 Å². The number of hydrogen-bond donors (Lipinski definition) is 1. The van der Waals surface area contributed by atoms with E-state index in [2.05, 4.69) is 111 Å². The van der Waals surface area contributed by atoms with Crippen LogP contribution >= 0.6 is 15.9 Å². The summed E-state index contributed by atoms with van der Waals surface area (Å²) in [7, 11) is -4.19. The molecule has 0 fully saturated rings. The first-order valence-electron chi connectivity index (χ1n) is 17.2. The summed E-state index contributed by atoms with van der Waals surface area (Å²) in [5.41, 5.74) is 2.52. The topological polar surface area (TPSA) is 47.6 Å². The second-order valence-corrected chi connectivity index (χ2v) is 26.4. The number of amides is 1. The molecule has 246 valence electrons. The van der Waals surface area contributed by atoms with Crippen molar-refractivity contribution in [2.75, 3.05) is 18.5 Å². The number of halogens is 1. The van der Waals surface area contributed by atoms with Crippen LogP contribution in [0.5, 0.6) is 0 Å². The Morgan fingerprint density at radius 3 is 1.22 bits per heavy atom. The van der Waals surface area contributed by atoms with Gasteiger partial charge in [-0.2, -0.15) is 0 Å². The number of hydrogen-bond acceptors (Lipinski definition) is 3. The summed E-state index contributed by atoms with van der Waals surface area (Å²) in [6.45, 7) is 31.4. The van der Waals surface area contributed by atoms with E-state index in [1.54, 1.807) is 0 Å². The van der Waals surface area contributed by atoms with E-state index in [9.17, 15) is 4.79 Å². The van der Waals surface area contributed by atoms with Crippen molar-refractivity contribution in [3.05, 3.63) is 0 Å². The van der Waals surface area contributed by atoms with Gasteiger partial charge < -0.3 is 14.2 Å². The summed E-state index contributed by atoms with van der Waals surface area (Å²) in [6.07, 6.45) is 11.2. The number of unbranched alkanes of at least 4 members (excludes halogenated alkanes) is 7. The smallest absolute Gasteiger partial charge is 0.220 e. The fourth-order valence-corrected chi connectivity index (χ4v) is 19.2. The molecular formula is C34H72BrNO3Si2. The zero-order valence-electron chi connectivity index (χ0n) is 29.8. The quantitative estimate of drug-likeness (QED) is 0.0628. The molecule has 0 bridgehead atoms. The van der Waals surface area contributed by atoms with Crippen LogP contribution in [-0.4, -0.2) is 46.6 Å². The Labute approximate surface area is 268 Å². The largest absolute Gasteiger partial charge is 0.414 e. The van der Waals surface area contributed by atoms with E-state index in [1.165, 1.54) is 38.5 Å². The number of carbonyl (C=O) groups excluding carboxylic acids is 1. The summed E-state index contributed by atoms with van der Waals surface area (Å²) in [6, 6.07) is 0. The van der Waals surface area contributed by atoms with E-state index in [4.69, 9.17) is 8.85 Å². The van der Waals surface area contributed by atoms with Gasteiger partial charge in [-0.05, 0) is 52.5 Å². The molecule has 0 aromatic carbocycles. The Bertz CT molecular complexity index is 618. The molecule has 0 saturated heterocycles. The van der Waals surface area contributed by atoms with Crippen LogP contribution < -0.4 is 5.32 Å². The highest BCUT2D eigenvalue weighted by molar-refractivity contribution is 9.09. The summed E-state index contributed by atoms with van der Waals surface area (Å²) >= 11 is 3.52. The summed E-state index contributed by atoms with van der Waals surface area (Å²) in [5, 5.41) is 4.65. The van der Waals surface area contributed by atoms with Crippen molar-refractivity contribution in [1.29, 1.82) is 0 Å². The van der Waals surface area contributed by atoms with Gasteiger partial charge in [0, 0.05) is 11.8 Å². The van der Waals surface area contributed by atoms with E-state index in [1.807, 2.05) is 0 Å². The van der Waals surface area contributed by atoms with Crippen LogP contribution in [0.3, 0.4) is 0 Å². The first-order chi connectivity index (χ1) is 19.1. The molecule has 0 aromatic heterocycles. The second kappa shape index (κ2) is 20.4. The van der Waals surface area contributed by atoms with Gasteiger partial charge in [0.25, 0.3) is 0 Å². The second-order valence-electron chi connectivity index (χ2n) is 14.7. The van der Waals surface area contributed by atoms with Crippen molar-refractivity contribution < 1.29 is 13.6 Å². The molecule has 7 heteroatoms. The Morgan fingerprint density at radius 1 is 0.610 bits per heavy atom. The molecule has 0 rings (SSSR count).